The van der Waals surface area contributed by atoms with Gasteiger partial charge in [-0.1, -0.05) is 45.0 Å². The minimum absolute atomic E-state index is 0.0194. The molecule has 1 unspecified atom stereocenters. The van der Waals surface area contributed by atoms with Crippen molar-refractivity contribution in [2.24, 2.45) is 5.41 Å². The number of carbonyl (C=O) groups is 2. The summed E-state index contributed by atoms with van der Waals surface area (Å²) >= 11 is 0. The van der Waals surface area contributed by atoms with E-state index in [1.165, 1.54) is 33.3 Å². The van der Waals surface area contributed by atoms with Gasteiger partial charge >= 0.3 is 0 Å². The van der Waals surface area contributed by atoms with Crippen LogP contribution >= 0.6 is 0 Å². The Balaban J connectivity index is 2.47. The Bertz CT molecular complexity index is 662. The number of carbonyl (C=O) groups excluding carboxylic acids is 2. The minimum Gasteiger partial charge on any atom is -0.273 e. The van der Waals surface area contributed by atoms with E-state index < -0.39 is 0 Å². The first-order valence-electron chi connectivity index (χ1n) is 8.39. The molecule has 0 radical (unpaired) electrons. The Morgan fingerprint density at radius 1 is 1.25 bits per heavy atom. The van der Waals surface area contributed by atoms with Gasteiger partial charge in [-0.05, 0) is 49.0 Å². The van der Waals surface area contributed by atoms with Crippen molar-refractivity contribution in [2.75, 3.05) is 0 Å². The van der Waals surface area contributed by atoms with Crippen LogP contribution in [0.15, 0.2) is 24.8 Å². The number of hydrazine groups is 1. The normalized spacial score (nSPS) is 19.0. The second-order valence-electron chi connectivity index (χ2n) is 7.81. The lowest BCUT2D eigenvalue weighted by Crippen LogP contribution is -2.48. The SMILES string of the molecule is C=CC(=O)N1C(=O)CC(C(C)(C)C)N1Cc1c(C)cc(C)cc1C. The maximum Gasteiger partial charge on any atom is 0.267 e. The molecule has 2 rings (SSSR count). The lowest BCUT2D eigenvalue weighted by molar-refractivity contribution is -0.156. The molecule has 130 valence electrons. The first-order valence-corrected chi connectivity index (χ1v) is 8.39. The smallest absolute Gasteiger partial charge is 0.267 e. The van der Waals surface area contributed by atoms with E-state index in [2.05, 4.69) is 60.3 Å². The van der Waals surface area contributed by atoms with Gasteiger partial charge in [-0.3, -0.25) is 9.59 Å². The van der Waals surface area contributed by atoms with Crippen LogP contribution in [0.25, 0.3) is 0 Å². The second kappa shape index (κ2) is 6.52. The lowest BCUT2D eigenvalue weighted by atomic mass is 9.85. The van der Waals surface area contributed by atoms with E-state index >= 15 is 0 Å². The molecule has 0 saturated carbocycles. The van der Waals surface area contributed by atoms with Gasteiger partial charge in [0, 0.05) is 19.0 Å². The van der Waals surface area contributed by atoms with Gasteiger partial charge in [-0.2, -0.15) is 0 Å². The Morgan fingerprint density at radius 2 is 1.79 bits per heavy atom. The molecule has 4 heteroatoms. The predicted molar refractivity (Wildman–Crippen MR) is 96.1 cm³/mol. The Hall–Kier alpha value is -1.94. The molecular formula is C20H28N2O2. The summed E-state index contributed by atoms with van der Waals surface area (Å²) in [6, 6.07) is 4.27. The summed E-state index contributed by atoms with van der Waals surface area (Å²) in [5.74, 6) is -0.503. The number of benzene rings is 1. The van der Waals surface area contributed by atoms with Crippen molar-refractivity contribution in [3.63, 3.8) is 0 Å². The second-order valence-corrected chi connectivity index (χ2v) is 7.81. The molecule has 1 aliphatic heterocycles. The Morgan fingerprint density at radius 3 is 2.25 bits per heavy atom. The fraction of sp³-hybridized carbons (Fsp3) is 0.500. The molecule has 1 heterocycles. The largest absolute Gasteiger partial charge is 0.273 e. The quantitative estimate of drug-likeness (QED) is 0.795. The van der Waals surface area contributed by atoms with Gasteiger partial charge in [0.25, 0.3) is 5.91 Å². The first-order chi connectivity index (χ1) is 11.1. The van der Waals surface area contributed by atoms with Crippen molar-refractivity contribution in [1.82, 2.24) is 10.0 Å². The van der Waals surface area contributed by atoms with Gasteiger partial charge < -0.3 is 0 Å². The van der Waals surface area contributed by atoms with E-state index in [0.29, 0.717) is 13.0 Å². The van der Waals surface area contributed by atoms with Crippen molar-refractivity contribution in [1.29, 1.82) is 0 Å². The van der Waals surface area contributed by atoms with Gasteiger partial charge in [-0.15, -0.1) is 0 Å². The van der Waals surface area contributed by atoms with E-state index in [1.54, 1.807) is 0 Å². The van der Waals surface area contributed by atoms with Crippen LogP contribution < -0.4 is 0 Å². The van der Waals surface area contributed by atoms with Gasteiger partial charge in [0.2, 0.25) is 5.91 Å². The van der Waals surface area contributed by atoms with Crippen LogP contribution in [0.3, 0.4) is 0 Å². The zero-order valence-corrected chi connectivity index (χ0v) is 15.6. The molecule has 0 aliphatic carbocycles. The fourth-order valence-electron chi connectivity index (χ4n) is 3.53. The van der Waals surface area contributed by atoms with Crippen molar-refractivity contribution in [2.45, 2.75) is 60.5 Å². The summed E-state index contributed by atoms with van der Waals surface area (Å²) in [7, 11) is 0. The summed E-state index contributed by atoms with van der Waals surface area (Å²) in [5, 5.41) is 3.21. The molecule has 24 heavy (non-hydrogen) atoms. The maximum absolute atomic E-state index is 12.5. The van der Waals surface area contributed by atoms with Crippen LogP contribution in [-0.2, 0) is 16.1 Å². The monoisotopic (exact) mass is 328 g/mol. The molecular weight excluding hydrogens is 300 g/mol. The van der Waals surface area contributed by atoms with Crippen LogP contribution in [0.2, 0.25) is 0 Å². The average Bonchev–Trinajstić information content (AvgIpc) is 2.78. The highest BCUT2D eigenvalue weighted by Crippen LogP contribution is 2.35. The van der Waals surface area contributed by atoms with E-state index in [9.17, 15) is 9.59 Å². The molecule has 1 fully saturated rings. The van der Waals surface area contributed by atoms with Crippen molar-refractivity contribution in [3.05, 3.63) is 47.0 Å². The van der Waals surface area contributed by atoms with Crippen LogP contribution in [0.5, 0.6) is 0 Å². The zero-order valence-electron chi connectivity index (χ0n) is 15.6. The van der Waals surface area contributed by atoms with Gasteiger partial charge in [0.05, 0.1) is 0 Å². The molecule has 1 aliphatic rings. The zero-order chi connectivity index (χ0) is 18.2. The maximum atomic E-state index is 12.5. The number of hydrogen-bond donors (Lipinski definition) is 0. The van der Waals surface area contributed by atoms with Crippen molar-refractivity contribution >= 4 is 11.8 Å². The number of imide groups is 1. The molecule has 0 aromatic heterocycles. The molecule has 1 saturated heterocycles. The summed E-state index contributed by atoms with van der Waals surface area (Å²) in [6.07, 6.45) is 1.57. The molecule has 0 spiro atoms. The number of hydrogen-bond acceptors (Lipinski definition) is 3. The lowest BCUT2D eigenvalue weighted by Gasteiger charge is -2.37. The number of amides is 2. The highest BCUT2D eigenvalue weighted by Gasteiger charge is 2.45. The predicted octanol–water partition coefficient (Wildman–Crippen LogP) is 3.69. The summed E-state index contributed by atoms with van der Waals surface area (Å²) in [6.45, 7) is 16.7. The van der Waals surface area contributed by atoms with Crippen LogP contribution in [0.4, 0.5) is 0 Å². The van der Waals surface area contributed by atoms with E-state index in [0.717, 1.165) is 0 Å². The molecule has 1 aromatic rings. The topological polar surface area (TPSA) is 40.6 Å². The van der Waals surface area contributed by atoms with Crippen LogP contribution in [0, 0.1) is 26.2 Å². The minimum atomic E-state index is -0.353. The van der Waals surface area contributed by atoms with Crippen LogP contribution in [-0.4, -0.2) is 27.9 Å². The molecule has 2 amide bonds. The highest BCUT2D eigenvalue weighted by molar-refractivity contribution is 6.01. The van der Waals surface area contributed by atoms with E-state index in [1.807, 2.05) is 5.01 Å². The average molecular weight is 328 g/mol. The fourth-order valence-corrected chi connectivity index (χ4v) is 3.53. The first kappa shape index (κ1) is 18.4. The van der Waals surface area contributed by atoms with Gasteiger partial charge in [0.15, 0.2) is 0 Å². The Kier molecular flexibility index (Phi) is 5.00. The molecule has 4 nitrogen and oxygen atoms in total. The molecule has 1 atom stereocenters. The summed E-state index contributed by atoms with van der Waals surface area (Å²) in [5.41, 5.74) is 4.65. The van der Waals surface area contributed by atoms with Crippen molar-refractivity contribution < 1.29 is 9.59 Å². The van der Waals surface area contributed by atoms with Gasteiger partial charge in [-0.25, -0.2) is 10.0 Å². The summed E-state index contributed by atoms with van der Waals surface area (Å²) < 4.78 is 0. The number of nitrogens with zero attached hydrogens (tertiary/aromatic N) is 2. The Labute approximate surface area is 145 Å². The van der Waals surface area contributed by atoms with Gasteiger partial charge in [0.1, 0.15) is 0 Å². The van der Waals surface area contributed by atoms with E-state index in [4.69, 9.17) is 0 Å². The summed E-state index contributed by atoms with van der Waals surface area (Å²) in [4.78, 5) is 24.7. The molecule has 0 bridgehead atoms. The van der Waals surface area contributed by atoms with Crippen molar-refractivity contribution in [3.8, 4) is 0 Å². The highest BCUT2D eigenvalue weighted by atomic mass is 16.2. The third kappa shape index (κ3) is 3.44. The number of rotatable bonds is 3. The third-order valence-electron chi connectivity index (χ3n) is 4.76. The van der Waals surface area contributed by atoms with Crippen LogP contribution in [0.1, 0.15) is 49.4 Å². The standard InChI is InChI=1S/C20H28N2O2/c1-8-18(23)22-19(24)11-17(20(5,6)7)21(22)12-16-14(3)9-13(2)10-15(16)4/h8-10,17H,1,11-12H2,2-7H3. The number of aryl methyl sites for hydroxylation is 3. The molecule has 1 aromatic carbocycles. The third-order valence-corrected chi connectivity index (χ3v) is 4.76. The molecule has 0 N–H and O–H groups in total. The van der Waals surface area contributed by atoms with E-state index in [-0.39, 0.29) is 23.3 Å².